The Kier molecular flexibility index (Phi) is 9.23. The summed E-state index contributed by atoms with van der Waals surface area (Å²) in [6.45, 7) is 2.05. The monoisotopic (exact) mass is 448 g/mol. The molecule has 0 unspecified atom stereocenters. The number of hydrogen-bond acceptors (Lipinski definition) is 0. The molecule has 0 radical (unpaired) electrons. The van der Waals surface area contributed by atoms with E-state index in [2.05, 4.69) is 84.9 Å². The number of rotatable bonds is 0. The molecule has 0 nitrogen and oxygen atoms in total. The van der Waals surface area contributed by atoms with E-state index in [1.807, 2.05) is 13.1 Å². The first-order valence-electron chi connectivity index (χ1n) is 7.52. The van der Waals surface area contributed by atoms with Gasteiger partial charge in [-0.3, -0.25) is 0 Å². The van der Waals surface area contributed by atoms with E-state index >= 15 is 0 Å². The van der Waals surface area contributed by atoms with Crippen LogP contribution >= 0.6 is 22.2 Å². The van der Waals surface area contributed by atoms with Crippen molar-refractivity contribution in [2.24, 2.45) is 0 Å². The summed E-state index contributed by atoms with van der Waals surface area (Å²) in [7, 11) is 0. The van der Waals surface area contributed by atoms with Crippen LogP contribution in [0.1, 0.15) is 0 Å². The van der Waals surface area contributed by atoms with Crippen LogP contribution in [0.5, 0.6) is 0 Å². The molecule has 0 aliphatic rings. The predicted octanol–water partition coefficient (Wildman–Crippen LogP) is 7.28. The van der Waals surface area contributed by atoms with Gasteiger partial charge in [0.15, 0.2) is 0 Å². The Balaban J connectivity index is 0.000000185. The third-order valence-corrected chi connectivity index (χ3v) is 3.10. The molecule has 0 aromatic heterocycles. The fraction of sp³-hybridized carbons (Fsp3) is 0.100. The number of hydrogen-bond donors (Lipinski definition) is 0. The van der Waals surface area contributed by atoms with E-state index in [-0.39, 0.29) is 26.2 Å². The topological polar surface area (TPSA) is 0 Å². The molecule has 0 aliphatic heterocycles. The zero-order chi connectivity index (χ0) is 16.7. The first-order chi connectivity index (χ1) is 10.9. The summed E-state index contributed by atoms with van der Waals surface area (Å²) in [5.74, 6) is 0. The first-order valence-corrected chi connectivity index (χ1v) is 12.5. The fourth-order valence-electron chi connectivity index (χ4n) is 2.14. The minimum Gasteiger partial charge on any atom is -0.168 e. The summed E-state index contributed by atoms with van der Waals surface area (Å²) in [6, 6.07) is 29.3. The Morgan fingerprint density at radius 3 is 1.33 bits per heavy atom. The molecule has 0 spiro atoms. The maximum atomic E-state index is 5.43. The molecule has 0 heterocycles. The van der Waals surface area contributed by atoms with Crippen LogP contribution in [-0.4, -0.2) is 6.69 Å². The largest absolute Gasteiger partial charge is 2.00 e. The molecule has 4 heteroatoms. The van der Waals surface area contributed by atoms with Gasteiger partial charge in [0.25, 0.3) is 0 Å². The minimum absolute atomic E-state index is 0. The molecule has 24 heavy (non-hydrogen) atoms. The van der Waals surface area contributed by atoms with Gasteiger partial charge in [-0.05, 0) is 13.1 Å². The molecule has 0 aliphatic carbocycles. The average Bonchev–Trinajstić information content (AvgIpc) is 3.15. The second-order valence-electron chi connectivity index (χ2n) is 5.64. The standard InChI is InChI=1S/2C9H7.C2H6Cl2Si.Zr/c2*1-2-5-9-7-3-6-8(9)4-1;1-5(2,3)4;/h2*1-7H;1-2H3;/q2*-1;;+2. The van der Waals surface area contributed by atoms with Crippen LogP contribution in [0.3, 0.4) is 0 Å². The van der Waals surface area contributed by atoms with E-state index in [1.54, 1.807) is 0 Å². The van der Waals surface area contributed by atoms with Crippen molar-refractivity contribution in [3.8, 4) is 0 Å². The molecule has 0 bridgehead atoms. The second kappa shape index (κ2) is 10.4. The third-order valence-electron chi connectivity index (χ3n) is 3.10. The Labute approximate surface area is 173 Å². The van der Waals surface area contributed by atoms with E-state index in [0.29, 0.717) is 0 Å². The van der Waals surface area contributed by atoms with Crippen molar-refractivity contribution >= 4 is 50.4 Å². The van der Waals surface area contributed by atoms with Gasteiger partial charge >= 0.3 is 26.2 Å². The van der Waals surface area contributed by atoms with Crippen molar-refractivity contribution in [2.75, 3.05) is 0 Å². The molecule has 0 N–H and O–H groups in total. The maximum absolute atomic E-state index is 5.43. The van der Waals surface area contributed by atoms with E-state index < -0.39 is 6.69 Å². The summed E-state index contributed by atoms with van der Waals surface area (Å²) >= 11 is 10.9. The molecule has 4 aromatic rings. The van der Waals surface area contributed by atoms with Gasteiger partial charge in [-0.15, -0.1) is 81.5 Å². The van der Waals surface area contributed by atoms with Crippen LogP contribution < -0.4 is 0 Å². The summed E-state index contributed by atoms with van der Waals surface area (Å²) in [4.78, 5) is 0. The predicted molar refractivity (Wildman–Crippen MR) is 108 cm³/mol. The number of halogens is 2. The molecule has 122 valence electrons. The fourth-order valence-corrected chi connectivity index (χ4v) is 2.14. The van der Waals surface area contributed by atoms with Gasteiger partial charge in [-0.1, -0.05) is 12.1 Å². The van der Waals surface area contributed by atoms with E-state index in [9.17, 15) is 0 Å². The van der Waals surface area contributed by atoms with Crippen LogP contribution in [0, 0.1) is 0 Å². The third kappa shape index (κ3) is 7.94. The van der Waals surface area contributed by atoms with Gasteiger partial charge in [0, 0.05) is 0 Å². The van der Waals surface area contributed by atoms with Crippen LogP contribution in [0.25, 0.3) is 21.5 Å². The maximum Gasteiger partial charge on any atom is 2.00 e. The normalized spacial score (nSPS) is 10.2. The summed E-state index contributed by atoms with van der Waals surface area (Å²) in [5, 5.41) is 5.32. The molecule has 4 rings (SSSR count). The van der Waals surface area contributed by atoms with E-state index in [0.717, 1.165) is 0 Å². The first kappa shape index (κ1) is 21.4. The van der Waals surface area contributed by atoms with E-state index in [4.69, 9.17) is 22.2 Å². The molecule has 4 aromatic carbocycles. The van der Waals surface area contributed by atoms with Crippen molar-refractivity contribution in [2.45, 2.75) is 13.1 Å². The molecular formula is C20H20Cl2SiZr. The molecule has 0 amide bonds. The zero-order valence-electron chi connectivity index (χ0n) is 13.8. The quantitative estimate of drug-likeness (QED) is 0.150. The Morgan fingerprint density at radius 2 is 1.00 bits per heavy atom. The second-order valence-corrected chi connectivity index (χ2v) is 14.5. The Bertz CT molecular complexity index is 711. The van der Waals surface area contributed by atoms with E-state index in [1.165, 1.54) is 21.5 Å². The minimum atomic E-state index is -1.67. The molecule has 0 saturated carbocycles. The van der Waals surface area contributed by atoms with Crippen LogP contribution in [0.4, 0.5) is 0 Å². The molecule has 0 saturated heterocycles. The van der Waals surface area contributed by atoms with Gasteiger partial charge < -0.3 is 0 Å². The molecule has 0 fully saturated rings. The Morgan fingerprint density at radius 1 is 0.667 bits per heavy atom. The summed E-state index contributed by atoms with van der Waals surface area (Å²) in [6.07, 6.45) is 0. The Hall–Kier alpha value is -0.660. The average molecular weight is 451 g/mol. The molecule has 0 atom stereocenters. The van der Waals surface area contributed by atoms with Gasteiger partial charge in [0.05, 0.1) is 0 Å². The van der Waals surface area contributed by atoms with Crippen molar-refractivity contribution in [3.63, 3.8) is 0 Å². The van der Waals surface area contributed by atoms with Crippen LogP contribution in [-0.2, 0) is 26.2 Å². The summed E-state index contributed by atoms with van der Waals surface area (Å²) in [5.41, 5.74) is 0. The van der Waals surface area contributed by atoms with Gasteiger partial charge in [-0.25, -0.2) is 0 Å². The van der Waals surface area contributed by atoms with Crippen molar-refractivity contribution in [1.29, 1.82) is 0 Å². The van der Waals surface area contributed by atoms with Gasteiger partial charge in [0.2, 0.25) is 6.69 Å². The van der Waals surface area contributed by atoms with Gasteiger partial charge in [0.1, 0.15) is 0 Å². The van der Waals surface area contributed by atoms with Crippen molar-refractivity contribution < 1.29 is 26.2 Å². The zero-order valence-corrected chi connectivity index (χ0v) is 18.8. The van der Waals surface area contributed by atoms with Crippen LogP contribution in [0.2, 0.25) is 13.1 Å². The number of fused-ring (bicyclic) bond motifs is 2. The van der Waals surface area contributed by atoms with Gasteiger partial charge in [-0.2, -0.15) is 35.0 Å². The van der Waals surface area contributed by atoms with Crippen molar-refractivity contribution in [3.05, 3.63) is 84.9 Å². The summed E-state index contributed by atoms with van der Waals surface area (Å²) < 4.78 is 0. The SMILES string of the molecule is C[Si](C)(Cl)Cl.[Zr+2].c1ccc2[cH-]ccc2c1.c1ccc2[cH-]ccc2c1. The van der Waals surface area contributed by atoms with Crippen molar-refractivity contribution in [1.82, 2.24) is 0 Å². The van der Waals surface area contributed by atoms with Crippen LogP contribution in [0.15, 0.2) is 84.9 Å². The smallest absolute Gasteiger partial charge is 0.168 e. The molecular weight excluding hydrogens is 430 g/mol. The number of benzene rings is 2.